The Balaban J connectivity index is 2.51. The predicted molar refractivity (Wildman–Crippen MR) is 72.0 cm³/mol. The SMILES string of the molecule is CN(C(=O)NC(CCC(N)=O)C(=O)O)C1CCNCC1. The highest BCUT2D eigenvalue weighted by Gasteiger charge is 2.26. The molecule has 3 amide bonds. The van der Waals surface area contributed by atoms with E-state index in [1.165, 1.54) is 4.90 Å². The maximum atomic E-state index is 12.0. The number of urea groups is 1. The Kier molecular flexibility index (Phi) is 6.23. The van der Waals surface area contributed by atoms with E-state index in [-0.39, 0.29) is 18.9 Å². The molecule has 0 aromatic heterocycles. The molecule has 0 aromatic rings. The molecule has 20 heavy (non-hydrogen) atoms. The van der Waals surface area contributed by atoms with Gasteiger partial charge in [-0.3, -0.25) is 4.79 Å². The van der Waals surface area contributed by atoms with Gasteiger partial charge in [0.2, 0.25) is 5.91 Å². The molecule has 1 fully saturated rings. The highest BCUT2D eigenvalue weighted by Crippen LogP contribution is 2.10. The van der Waals surface area contributed by atoms with E-state index in [4.69, 9.17) is 10.8 Å². The normalized spacial score (nSPS) is 17.2. The van der Waals surface area contributed by atoms with Crippen molar-refractivity contribution in [3.8, 4) is 0 Å². The van der Waals surface area contributed by atoms with Gasteiger partial charge in [0.1, 0.15) is 6.04 Å². The summed E-state index contributed by atoms with van der Waals surface area (Å²) in [6.07, 6.45) is 1.59. The van der Waals surface area contributed by atoms with Gasteiger partial charge in [0.25, 0.3) is 0 Å². The largest absolute Gasteiger partial charge is 0.480 e. The molecule has 1 aliphatic rings. The van der Waals surface area contributed by atoms with Crippen LogP contribution in [0.1, 0.15) is 25.7 Å². The first-order valence-corrected chi connectivity index (χ1v) is 6.67. The first kappa shape index (κ1) is 16.2. The van der Waals surface area contributed by atoms with E-state index in [1.54, 1.807) is 7.05 Å². The van der Waals surface area contributed by atoms with Gasteiger partial charge < -0.3 is 26.4 Å². The third kappa shape index (κ3) is 5.04. The molecule has 1 saturated heterocycles. The van der Waals surface area contributed by atoms with Gasteiger partial charge in [0.15, 0.2) is 0 Å². The van der Waals surface area contributed by atoms with Crippen molar-refractivity contribution in [3.05, 3.63) is 0 Å². The summed E-state index contributed by atoms with van der Waals surface area (Å²) in [7, 11) is 1.65. The first-order chi connectivity index (χ1) is 9.41. The Hall–Kier alpha value is -1.83. The quantitative estimate of drug-likeness (QED) is 0.503. The van der Waals surface area contributed by atoms with Crippen molar-refractivity contribution in [1.82, 2.24) is 15.5 Å². The van der Waals surface area contributed by atoms with Crippen LogP contribution in [0.15, 0.2) is 0 Å². The molecule has 0 spiro atoms. The molecule has 0 bridgehead atoms. The minimum absolute atomic E-state index is 0.00350. The second kappa shape index (κ2) is 7.68. The molecule has 114 valence electrons. The highest BCUT2D eigenvalue weighted by molar-refractivity contribution is 5.83. The van der Waals surface area contributed by atoms with Crippen molar-refractivity contribution >= 4 is 17.9 Å². The topological polar surface area (TPSA) is 125 Å². The first-order valence-electron chi connectivity index (χ1n) is 6.67. The van der Waals surface area contributed by atoms with Gasteiger partial charge in [0.05, 0.1) is 0 Å². The number of primary amides is 1. The molecular formula is C12H22N4O4. The number of nitrogens with zero attached hydrogens (tertiary/aromatic N) is 1. The molecule has 0 aromatic carbocycles. The number of piperidine rings is 1. The number of amides is 3. The zero-order valence-electron chi connectivity index (χ0n) is 11.6. The molecule has 0 saturated carbocycles. The number of nitrogens with two attached hydrogens (primary N) is 1. The van der Waals surface area contributed by atoms with Crippen LogP contribution in [0.25, 0.3) is 0 Å². The molecule has 1 atom stereocenters. The monoisotopic (exact) mass is 286 g/mol. The van der Waals surface area contributed by atoms with E-state index < -0.39 is 23.9 Å². The van der Waals surface area contributed by atoms with Crippen LogP contribution in [0, 0.1) is 0 Å². The summed E-state index contributed by atoms with van der Waals surface area (Å²) in [5.41, 5.74) is 4.99. The van der Waals surface area contributed by atoms with Crippen LogP contribution in [0.2, 0.25) is 0 Å². The molecule has 0 aliphatic carbocycles. The number of carbonyl (C=O) groups excluding carboxylic acids is 2. The molecule has 1 rings (SSSR count). The molecule has 1 aliphatic heterocycles. The van der Waals surface area contributed by atoms with Crippen LogP contribution in [-0.4, -0.2) is 60.1 Å². The maximum absolute atomic E-state index is 12.0. The molecule has 1 unspecified atom stereocenters. The average Bonchev–Trinajstić information content (AvgIpc) is 2.42. The number of hydrogen-bond acceptors (Lipinski definition) is 4. The van der Waals surface area contributed by atoms with Crippen molar-refractivity contribution in [3.63, 3.8) is 0 Å². The molecular weight excluding hydrogens is 264 g/mol. The summed E-state index contributed by atoms with van der Waals surface area (Å²) >= 11 is 0. The van der Waals surface area contributed by atoms with Gasteiger partial charge >= 0.3 is 12.0 Å². The Morgan fingerprint density at radius 1 is 1.40 bits per heavy atom. The number of nitrogens with one attached hydrogen (secondary N) is 2. The average molecular weight is 286 g/mol. The molecule has 8 heteroatoms. The van der Waals surface area contributed by atoms with E-state index in [2.05, 4.69) is 10.6 Å². The van der Waals surface area contributed by atoms with Crippen LogP contribution in [0.3, 0.4) is 0 Å². The number of carboxylic acid groups (broad SMARTS) is 1. The smallest absolute Gasteiger partial charge is 0.326 e. The minimum Gasteiger partial charge on any atom is -0.480 e. The maximum Gasteiger partial charge on any atom is 0.326 e. The Labute approximate surface area is 117 Å². The lowest BCUT2D eigenvalue weighted by atomic mass is 10.1. The van der Waals surface area contributed by atoms with E-state index in [0.29, 0.717) is 0 Å². The van der Waals surface area contributed by atoms with Crippen molar-refractivity contribution < 1.29 is 19.5 Å². The third-order valence-electron chi connectivity index (χ3n) is 3.45. The van der Waals surface area contributed by atoms with E-state index in [0.717, 1.165) is 25.9 Å². The zero-order chi connectivity index (χ0) is 15.1. The van der Waals surface area contributed by atoms with E-state index >= 15 is 0 Å². The second-order valence-electron chi connectivity index (χ2n) is 4.94. The summed E-state index contributed by atoms with van der Waals surface area (Å²) in [6.45, 7) is 1.68. The van der Waals surface area contributed by atoms with Crippen LogP contribution in [-0.2, 0) is 9.59 Å². The van der Waals surface area contributed by atoms with Crippen molar-refractivity contribution in [2.45, 2.75) is 37.8 Å². The van der Waals surface area contributed by atoms with E-state index in [9.17, 15) is 14.4 Å². The Bertz CT molecular complexity index is 368. The fourth-order valence-corrected chi connectivity index (χ4v) is 2.15. The van der Waals surface area contributed by atoms with Crippen LogP contribution in [0.5, 0.6) is 0 Å². The number of hydrogen-bond donors (Lipinski definition) is 4. The summed E-state index contributed by atoms with van der Waals surface area (Å²) < 4.78 is 0. The van der Waals surface area contributed by atoms with Gasteiger partial charge in [0, 0.05) is 19.5 Å². The summed E-state index contributed by atoms with van der Waals surface area (Å²) in [5, 5.41) is 14.7. The molecule has 1 heterocycles. The Morgan fingerprint density at radius 3 is 2.50 bits per heavy atom. The van der Waals surface area contributed by atoms with Gasteiger partial charge in [-0.05, 0) is 32.4 Å². The number of rotatable bonds is 6. The van der Waals surface area contributed by atoms with Crippen molar-refractivity contribution in [2.24, 2.45) is 5.73 Å². The number of aliphatic carboxylic acids is 1. The summed E-state index contributed by atoms with van der Waals surface area (Å²) in [5.74, 6) is -1.75. The van der Waals surface area contributed by atoms with Gasteiger partial charge in [-0.1, -0.05) is 0 Å². The fourth-order valence-electron chi connectivity index (χ4n) is 2.15. The Morgan fingerprint density at radius 2 is 2.00 bits per heavy atom. The lowest BCUT2D eigenvalue weighted by Crippen LogP contribution is -2.52. The highest BCUT2D eigenvalue weighted by atomic mass is 16.4. The lowest BCUT2D eigenvalue weighted by molar-refractivity contribution is -0.139. The van der Waals surface area contributed by atoms with Crippen LogP contribution in [0.4, 0.5) is 4.79 Å². The molecule has 0 radical (unpaired) electrons. The van der Waals surface area contributed by atoms with Crippen molar-refractivity contribution in [1.29, 1.82) is 0 Å². The van der Waals surface area contributed by atoms with Gasteiger partial charge in [-0.2, -0.15) is 0 Å². The van der Waals surface area contributed by atoms with E-state index in [1.807, 2.05) is 0 Å². The van der Waals surface area contributed by atoms with Crippen LogP contribution >= 0.6 is 0 Å². The standard InChI is InChI=1S/C12H22N4O4/c1-16(8-4-6-14-7-5-8)12(20)15-9(11(18)19)2-3-10(13)17/h8-9,14H,2-7H2,1H3,(H2,13,17)(H,15,20)(H,18,19). The predicted octanol–water partition coefficient (Wildman–Crippen LogP) is -0.901. The van der Waals surface area contributed by atoms with Crippen LogP contribution < -0.4 is 16.4 Å². The summed E-state index contributed by atoms with van der Waals surface area (Å²) in [4.78, 5) is 35.3. The fraction of sp³-hybridized carbons (Fsp3) is 0.750. The summed E-state index contributed by atoms with van der Waals surface area (Å²) in [6, 6.07) is -1.44. The third-order valence-corrected chi connectivity index (χ3v) is 3.45. The van der Waals surface area contributed by atoms with Gasteiger partial charge in [-0.25, -0.2) is 9.59 Å². The minimum atomic E-state index is -1.17. The second-order valence-corrected chi connectivity index (χ2v) is 4.94. The lowest BCUT2D eigenvalue weighted by Gasteiger charge is -2.32. The zero-order valence-corrected chi connectivity index (χ0v) is 11.6. The molecule has 8 nitrogen and oxygen atoms in total. The van der Waals surface area contributed by atoms with Crippen molar-refractivity contribution in [2.75, 3.05) is 20.1 Å². The molecule has 5 N–H and O–H groups in total. The number of carbonyl (C=O) groups is 3. The van der Waals surface area contributed by atoms with Gasteiger partial charge in [-0.15, -0.1) is 0 Å². The number of carboxylic acids is 1.